The van der Waals surface area contributed by atoms with Gasteiger partial charge in [0, 0.05) is 17.8 Å². The molecule has 1 fully saturated rings. The lowest BCUT2D eigenvalue weighted by Crippen LogP contribution is -2.42. The molecule has 1 aliphatic rings. The van der Waals surface area contributed by atoms with Crippen LogP contribution in [0.4, 0.5) is 10.2 Å². The first-order valence-corrected chi connectivity index (χ1v) is 8.57. The summed E-state index contributed by atoms with van der Waals surface area (Å²) in [4.78, 5) is 4.10. The third kappa shape index (κ3) is 3.10. The number of nitrogens with one attached hydrogen (secondary N) is 1. The summed E-state index contributed by atoms with van der Waals surface area (Å²) in [5.41, 5.74) is 2.53. The highest BCUT2D eigenvalue weighted by Crippen LogP contribution is 2.43. The molecule has 0 aliphatic heterocycles. The topological polar surface area (TPSA) is 59.9 Å². The van der Waals surface area contributed by atoms with Gasteiger partial charge in [-0.3, -0.25) is 0 Å². The van der Waals surface area contributed by atoms with Crippen molar-refractivity contribution in [2.75, 3.05) is 12.4 Å². The maximum absolute atomic E-state index is 13.2. The average Bonchev–Trinajstić information content (AvgIpc) is 2.66. The van der Waals surface area contributed by atoms with Crippen LogP contribution in [0.25, 0.3) is 11.3 Å². The van der Waals surface area contributed by atoms with Gasteiger partial charge in [0.15, 0.2) is 0 Å². The molecular formula is C20H19FN4O. The standard InChI is InChI=1S/C20H19FN4O/c1-26-19-13-14(9-12-22-19)17-7-8-18(25-24-17)23-20(10-2-11-20)15-3-5-16(21)6-4-15/h3-9,12-13H,2,10-11H2,1H3,(H,23,25). The second kappa shape index (κ2) is 6.71. The second-order valence-corrected chi connectivity index (χ2v) is 6.46. The molecule has 0 bridgehead atoms. The highest BCUT2D eigenvalue weighted by molar-refractivity contribution is 5.60. The van der Waals surface area contributed by atoms with Gasteiger partial charge in [0.25, 0.3) is 0 Å². The Bertz CT molecular complexity index is 892. The Labute approximate surface area is 151 Å². The Morgan fingerprint density at radius 1 is 1.04 bits per heavy atom. The van der Waals surface area contributed by atoms with Crippen LogP contribution in [0.15, 0.2) is 54.7 Å². The van der Waals surface area contributed by atoms with Crippen molar-refractivity contribution in [3.05, 3.63) is 66.1 Å². The van der Waals surface area contributed by atoms with Crippen LogP contribution < -0.4 is 10.1 Å². The first-order valence-electron chi connectivity index (χ1n) is 8.57. The lowest BCUT2D eigenvalue weighted by Gasteiger charge is -2.43. The molecule has 0 radical (unpaired) electrons. The number of rotatable bonds is 5. The molecule has 1 aromatic carbocycles. The predicted molar refractivity (Wildman–Crippen MR) is 97.4 cm³/mol. The van der Waals surface area contributed by atoms with Gasteiger partial charge in [-0.25, -0.2) is 9.37 Å². The van der Waals surface area contributed by atoms with Crippen LogP contribution in [0.5, 0.6) is 5.88 Å². The minimum Gasteiger partial charge on any atom is -0.481 e. The summed E-state index contributed by atoms with van der Waals surface area (Å²) in [7, 11) is 1.58. The number of hydrogen-bond donors (Lipinski definition) is 1. The molecule has 2 heterocycles. The molecule has 1 N–H and O–H groups in total. The van der Waals surface area contributed by atoms with Gasteiger partial charge in [0.2, 0.25) is 5.88 Å². The SMILES string of the molecule is COc1cc(-c2ccc(NC3(c4ccc(F)cc4)CCC3)nn2)ccn1. The van der Waals surface area contributed by atoms with Gasteiger partial charge in [0.05, 0.1) is 18.3 Å². The van der Waals surface area contributed by atoms with Crippen LogP contribution in [-0.2, 0) is 5.54 Å². The van der Waals surface area contributed by atoms with E-state index in [9.17, 15) is 4.39 Å². The first-order chi connectivity index (χ1) is 12.7. The average molecular weight is 350 g/mol. The Kier molecular flexibility index (Phi) is 4.24. The minimum atomic E-state index is -0.222. The van der Waals surface area contributed by atoms with E-state index in [2.05, 4.69) is 20.5 Å². The molecule has 1 aliphatic carbocycles. The molecule has 4 rings (SSSR count). The zero-order chi connectivity index (χ0) is 18.0. The van der Waals surface area contributed by atoms with Crippen LogP contribution in [-0.4, -0.2) is 22.3 Å². The summed E-state index contributed by atoms with van der Waals surface area (Å²) in [6.07, 6.45) is 4.79. The summed E-state index contributed by atoms with van der Waals surface area (Å²) >= 11 is 0. The van der Waals surface area contributed by atoms with E-state index in [1.165, 1.54) is 12.1 Å². The van der Waals surface area contributed by atoms with Crippen LogP contribution >= 0.6 is 0 Å². The summed E-state index contributed by atoms with van der Waals surface area (Å²) in [5.74, 6) is 1.02. The molecule has 0 spiro atoms. The van der Waals surface area contributed by atoms with Crippen molar-refractivity contribution in [3.63, 3.8) is 0 Å². The maximum Gasteiger partial charge on any atom is 0.213 e. The molecule has 5 nitrogen and oxygen atoms in total. The van der Waals surface area contributed by atoms with E-state index in [4.69, 9.17) is 4.74 Å². The second-order valence-electron chi connectivity index (χ2n) is 6.46. The van der Waals surface area contributed by atoms with Crippen molar-refractivity contribution in [1.29, 1.82) is 0 Å². The molecule has 1 saturated carbocycles. The smallest absolute Gasteiger partial charge is 0.213 e. The van der Waals surface area contributed by atoms with Crippen LogP contribution in [0, 0.1) is 5.82 Å². The number of anilines is 1. The van der Waals surface area contributed by atoms with Gasteiger partial charge in [0.1, 0.15) is 11.6 Å². The van der Waals surface area contributed by atoms with Crippen LogP contribution in [0.2, 0.25) is 0 Å². The summed E-state index contributed by atoms with van der Waals surface area (Å²) in [6, 6.07) is 14.2. The van der Waals surface area contributed by atoms with Crippen molar-refractivity contribution in [2.24, 2.45) is 0 Å². The predicted octanol–water partition coefficient (Wildman–Crippen LogP) is 4.18. The number of methoxy groups -OCH3 is 1. The molecule has 0 unspecified atom stereocenters. The Hall–Kier alpha value is -3.02. The fourth-order valence-corrected chi connectivity index (χ4v) is 3.26. The van der Waals surface area contributed by atoms with Crippen molar-refractivity contribution >= 4 is 5.82 Å². The number of halogens is 1. The lowest BCUT2D eigenvalue weighted by atomic mass is 9.72. The summed E-state index contributed by atoms with van der Waals surface area (Å²) < 4.78 is 18.4. The van der Waals surface area contributed by atoms with Crippen molar-refractivity contribution in [2.45, 2.75) is 24.8 Å². The molecule has 0 amide bonds. The fourth-order valence-electron chi connectivity index (χ4n) is 3.26. The van der Waals surface area contributed by atoms with Crippen molar-refractivity contribution in [3.8, 4) is 17.1 Å². The largest absolute Gasteiger partial charge is 0.481 e. The zero-order valence-corrected chi connectivity index (χ0v) is 14.4. The van der Waals surface area contributed by atoms with Gasteiger partial charge in [-0.2, -0.15) is 0 Å². The van der Waals surface area contributed by atoms with E-state index in [0.717, 1.165) is 36.1 Å². The number of aromatic nitrogens is 3. The van der Waals surface area contributed by atoms with Gasteiger partial charge in [-0.05, 0) is 55.2 Å². The van der Waals surface area contributed by atoms with Gasteiger partial charge in [-0.15, -0.1) is 10.2 Å². The molecule has 2 aromatic heterocycles. The Morgan fingerprint density at radius 3 is 2.46 bits per heavy atom. The normalized spacial score (nSPS) is 15.2. The zero-order valence-electron chi connectivity index (χ0n) is 14.4. The first kappa shape index (κ1) is 16.4. The van der Waals surface area contributed by atoms with E-state index in [1.807, 2.05) is 36.4 Å². The highest BCUT2D eigenvalue weighted by Gasteiger charge is 2.39. The van der Waals surface area contributed by atoms with Gasteiger partial charge < -0.3 is 10.1 Å². The van der Waals surface area contributed by atoms with Gasteiger partial charge in [-0.1, -0.05) is 12.1 Å². The molecule has 0 atom stereocenters. The molecular weight excluding hydrogens is 331 g/mol. The third-order valence-corrected chi connectivity index (χ3v) is 4.88. The van der Waals surface area contributed by atoms with E-state index < -0.39 is 0 Å². The Morgan fingerprint density at radius 2 is 1.85 bits per heavy atom. The maximum atomic E-state index is 13.2. The quantitative estimate of drug-likeness (QED) is 0.748. The monoisotopic (exact) mass is 350 g/mol. The summed E-state index contributed by atoms with van der Waals surface area (Å²) in [5, 5.41) is 12.1. The van der Waals surface area contributed by atoms with Crippen molar-refractivity contribution < 1.29 is 9.13 Å². The highest BCUT2D eigenvalue weighted by atomic mass is 19.1. The molecule has 0 saturated heterocycles. The number of hydrogen-bond acceptors (Lipinski definition) is 5. The molecule has 26 heavy (non-hydrogen) atoms. The molecule has 3 aromatic rings. The van der Waals surface area contributed by atoms with Gasteiger partial charge >= 0.3 is 0 Å². The number of pyridine rings is 1. The number of benzene rings is 1. The minimum absolute atomic E-state index is 0.191. The van der Waals surface area contributed by atoms with E-state index in [1.54, 1.807) is 13.3 Å². The Balaban J connectivity index is 1.56. The lowest BCUT2D eigenvalue weighted by molar-refractivity contribution is 0.283. The molecule has 6 heteroatoms. The number of ether oxygens (including phenoxy) is 1. The van der Waals surface area contributed by atoms with Crippen molar-refractivity contribution in [1.82, 2.24) is 15.2 Å². The van der Waals surface area contributed by atoms with E-state index in [0.29, 0.717) is 11.7 Å². The van der Waals surface area contributed by atoms with Crippen LogP contribution in [0.3, 0.4) is 0 Å². The van der Waals surface area contributed by atoms with E-state index >= 15 is 0 Å². The number of nitrogens with zero attached hydrogens (tertiary/aromatic N) is 3. The van der Waals surface area contributed by atoms with E-state index in [-0.39, 0.29) is 11.4 Å². The van der Waals surface area contributed by atoms with Crippen LogP contribution in [0.1, 0.15) is 24.8 Å². The summed E-state index contributed by atoms with van der Waals surface area (Å²) in [6.45, 7) is 0. The third-order valence-electron chi connectivity index (χ3n) is 4.88. The molecule has 132 valence electrons. The fraction of sp³-hybridized carbons (Fsp3) is 0.250.